The highest BCUT2D eigenvalue weighted by atomic mass is 35.5. The zero-order valence-electron chi connectivity index (χ0n) is 17.3. The molecule has 0 saturated heterocycles. The minimum atomic E-state index is -0.545. The van der Waals surface area contributed by atoms with Gasteiger partial charge in [0, 0.05) is 5.69 Å². The molecule has 2 amide bonds. The van der Waals surface area contributed by atoms with Gasteiger partial charge in [-0.3, -0.25) is 9.59 Å². The average Bonchev–Trinajstić information content (AvgIpc) is 2.77. The molecule has 32 heavy (non-hydrogen) atoms. The van der Waals surface area contributed by atoms with Gasteiger partial charge in [-0.25, -0.2) is 5.43 Å². The molecule has 0 spiro atoms. The van der Waals surface area contributed by atoms with Crippen molar-refractivity contribution < 1.29 is 14.3 Å². The number of rotatable bonds is 8. The van der Waals surface area contributed by atoms with Crippen LogP contribution in [0.1, 0.15) is 23.1 Å². The summed E-state index contributed by atoms with van der Waals surface area (Å²) in [6.45, 7) is 2.52. The van der Waals surface area contributed by atoms with Crippen molar-refractivity contribution in [3.63, 3.8) is 0 Å². The topological polar surface area (TPSA) is 79.8 Å². The van der Waals surface area contributed by atoms with Crippen LogP contribution in [-0.2, 0) is 16.2 Å². The fraction of sp³-hybridized carbons (Fsp3) is 0.125. The van der Waals surface area contributed by atoms with Crippen LogP contribution in [0, 0.1) is 6.92 Å². The van der Waals surface area contributed by atoms with E-state index >= 15 is 0 Å². The fourth-order valence-electron chi connectivity index (χ4n) is 2.64. The van der Waals surface area contributed by atoms with Crippen molar-refractivity contribution in [2.45, 2.75) is 20.0 Å². The van der Waals surface area contributed by atoms with Crippen molar-refractivity contribution in [2.75, 3.05) is 5.32 Å². The van der Waals surface area contributed by atoms with Crippen LogP contribution in [0.3, 0.4) is 0 Å². The van der Waals surface area contributed by atoms with E-state index in [0.717, 1.165) is 16.9 Å². The molecule has 0 fully saturated rings. The molecule has 0 radical (unpaired) electrons. The summed E-state index contributed by atoms with van der Waals surface area (Å²) in [6, 6.07) is 20.1. The van der Waals surface area contributed by atoms with E-state index in [2.05, 4.69) is 15.8 Å². The maximum atomic E-state index is 12.0. The van der Waals surface area contributed by atoms with Gasteiger partial charge in [0.1, 0.15) is 18.8 Å². The summed E-state index contributed by atoms with van der Waals surface area (Å²) in [6.07, 6.45) is 1.10. The van der Waals surface area contributed by atoms with E-state index in [1.54, 1.807) is 12.1 Å². The van der Waals surface area contributed by atoms with Gasteiger partial charge in [0.25, 0.3) is 0 Å². The van der Waals surface area contributed by atoms with Crippen molar-refractivity contribution in [2.24, 2.45) is 5.10 Å². The number of anilines is 1. The summed E-state index contributed by atoms with van der Waals surface area (Å²) < 4.78 is 5.76. The molecule has 2 N–H and O–H groups in total. The van der Waals surface area contributed by atoms with Crippen LogP contribution in [0.2, 0.25) is 10.0 Å². The summed E-state index contributed by atoms with van der Waals surface area (Å²) in [7, 11) is 0. The van der Waals surface area contributed by atoms with Crippen LogP contribution < -0.4 is 15.5 Å². The third-order valence-corrected chi connectivity index (χ3v) is 5.07. The standard InChI is InChI=1S/C24H21Cl2N3O3/c1-16-2-4-18(5-3-16)15-32-20-9-6-17(7-10-20)14-27-29-24(31)13-23(30)28-19-8-11-21(25)22(26)12-19/h2-12,14H,13,15H2,1H3,(H,28,30)(H,29,31). The van der Waals surface area contributed by atoms with Crippen LogP contribution in [0.5, 0.6) is 5.75 Å². The Kier molecular flexibility index (Phi) is 8.25. The second kappa shape index (κ2) is 11.3. The van der Waals surface area contributed by atoms with Crippen LogP contribution in [0.4, 0.5) is 5.69 Å². The van der Waals surface area contributed by atoms with Gasteiger partial charge in [-0.05, 0) is 60.5 Å². The number of halogens is 2. The SMILES string of the molecule is Cc1ccc(COc2ccc(C=NNC(=O)CC(=O)Nc3ccc(Cl)c(Cl)c3)cc2)cc1. The number of hydrazone groups is 1. The molecule has 0 aliphatic heterocycles. The Morgan fingerprint density at radius 2 is 1.66 bits per heavy atom. The third kappa shape index (κ3) is 7.41. The number of nitrogens with zero attached hydrogens (tertiary/aromatic N) is 1. The quantitative estimate of drug-likeness (QED) is 0.264. The molecule has 0 aliphatic rings. The summed E-state index contributed by atoms with van der Waals surface area (Å²) in [5.74, 6) is -0.311. The highest BCUT2D eigenvalue weighted by Crippen LogP contribution is 2.25. The molecule has 3 rings (SSSR count). The summed E-state index contributed by atoms with van der Waals surface area (Å²) in [5, 5.41) is 7.14. The molecule has 0 saturated carbocycles. The highest BCUT2D eigenvalue weighted by molar-refractivity contribution is 6.42. The lowest BCUT2D eigenvalue weighted by atomic mass is 10.2. The van der Waals surface area contributed by atoms with Crippen molar-refractivity contribution >= 4 is 46.9 Å². The Hall–Kier alpha value is -3.35. The van der Waals surface area contributed by atoms with E-state index in [4.69, 9.17) is 27.9 Å². The first-order valence-corrected chi connectivity index (χ1v) is 10.5. The van der Waals surface area contributed by atoms with Crippen molar-refractivity contribution in [1.29, 1.82) is 0 Å². The van der Waals surface area contributed by atoms with E-state index in [0.29, 0.717) is 22.3 Å². The molecule has 0 atom stereocenters. The molecular weight excluding hydrogens is 449 g/mol. The van der Waals surface area contributed by atoms with Gasteiger partial charge in [-0.15, -0.1) is 0 Å². The molecule has 6 nitrogen and oxygen atoms in total. The lowest BCUT2D eigenvalue weighted by Crippen LogP contribution is -2.24. The van der Waals surface area contributed by atoms with Crippen LogP contribution in [0.15, 0.2) is 71.8 Å². The van der Waals surface area contributed by atoms with Gasteiger partial charge in [0.15, 0.2) is 0 Å². The Bertz CT molecular complexity index is 1110. The molecule has 0 bridgehead atoms. The molecule has 3 aromatic rings. The summed E-state index contributed by atoms with van der Waals surface area (Å²) in [5.41, 5.74) is 5.84. The molecular formula is C24H21Cl2N3O3. The van der Waals surface area contributed by atoms with E-state index in [1.165, 1.54) is 17.8 Å². The molecule has 0 unspecified atom stereocenters. The van der Waals surface area contributed by atoms with E-state index in [1.807, 2.05) is 55.5 Å². The molecule has 0 aliphatic carbocycles. The minimum Gasteiger partial charge on any atom is -0.489 e. The number of carbonyl (C=O) groups excluding carboxylic acids is 2. The molecule has 8 heteroatoms. The van der Waals surface area contributed by atoms with E-state index in [-0.39, 0.29) is 6.42 Å². The number of hydrogen-bond donors (Lipinski definition) is 2. The summed E-state index contributed by atoms with van der Waals surface area (Å²) in [4.78, 5) is 23.9. The van der Waals surface area contributed by atoms with Gasteiger partial charge in [-0.2, -0.15) is 5.10 Å². The van der Waals surface area contributed by atoms with Crippen molar-refractivity contribution in [3.05, 3.63) is 93.5 Å². The Morgan fingerprint density at radius 1 is 0.938 bits per heavy atom. The second-order valence-electron chi connectivity index (χ2n) is 6.99. The number of aryl methyl sites for hydroxylation is 1. The van der Waals surface area contributed by atoms with Gasteiger partial charge in [-0.1, -0.05) is 53.0 Å². The first kappa shape index (κ1) is 23.3. The Labute approximate surface area is 196 Å². The largest absolute Gasteiger partial charge is 0.489 e. The minimum absolute atomic E-state index is 0.310. The number of hydrogen-bond acceptors (Lipinski definition) is 4. The smallest absolute Gasteiger partial charge is 0.249 e. The summed E-state index contributed by atoms with van der Waals surface area (Å²) >= 11 is 11.7. The Morgan fingerprint density at radius 3 is 2.34 bits per heavy atom. The maximum Gasteiger partial charge on any atom is 0.249 e. The lowest BCUT2D eigenvalue weighted by Gasteiger charge is -2.07. The lowest BCUT2D eigenvalue weighted by molar-refractivity contribution is -0.126. The zero-order valence-corrected chi connectivity index (χ0v) is 18.8. The molecule has 164 valence electrons. The predicted octanol–water partition coefficient (Wildman–Crippen LogP) is 5.36. The third-order valence-electron chi connectivity index (χ3n) is 4.33. The number of carbonyl (C=O) groups is 2. The van der Waals surface area contributed by atoms with E-state index < -0.39 is 11.8 Å². The maximum absolute atomic E-state index is 12.0. The van der Waals surface area contributed by atoms with E-state index in [9.17, 15) is 9.59 Å². The number of amides is 2. The van der Waals surface area contributed by atoms with Crippen LogP contribution in [0.25, 0.3) is 0 Å². The number of benzene rings is 3. The van der Waals surface area contributed by atoms with Crippen LogP contribution in [-0.4, -0.2) is 18.0 Å². The van der Waals surface area contributed by atoms with Crippen LogP contribution >= 0.6 is 23.2 Å². The normalized spacial score (nSPS) is 10.7. The fourth-order valence-corrected chi connectivity index (χ4v) is 2.94. The van der Waals surface area contributed by atoms with Crippen molar-refractivity contribution in [1.82, 2.24) is 5.43 Å². The van der Waals surface area contributed by atoms with Gasteiger partial charge >= 0.3 is 0 Å². The average molecular weight is 470 g/mol. The highest BCUT2D eigenvalue weighted by Gasteiger charge is 2.10. The number of nitrogens with one attached hydrogen (secondary N) is 2. The first-order chi connectivity index (χ1) is 15.4. The zero-order chi connectivity index (χ0) is 22.9. The van der Waals surface area contributed by atoms with Gasteiger partial charge < -0.3 is 10.1 Å². The van der Waals surface area contributed by atoms with Crippen molar-refractivity contribution in [3.8, 4) is 5.75 Å². The second-order valence-corrected chi connectivity index (χ2v) is 7.80. The predicted molar refractivity (Wildman–Crippen MR) is 127 cm³/mol. The first-order valence-electron chi connectivity index (χ1n) is 9.74. The monoisotopic (exact) mass is 469 g/mol. The molecule has 0 heterocycles. The van der Waals surface area contributed by atoms with Gasteiger partial charge in [0.2, 0.25) is 11.8 Å². The number of ether oxygens (including phenoxy) is 1. The Balaban J connectivity index is 1.42. The molecule has 0 aromatic heterocycles. The van der Waals surface area contributed by atoms with Gasteiger partial charge in [0.05, 0.1) is 16.3 Å². The molecule has 3 aromatic carbocycles.